The Kier molecular flexibility index (Phi) is 5.33. The van der Waals surface area contributed by atoms with Crippen molar-refractivity contribution in [2.75, 3.05) is 20.1 Å². The van der Waals surface area contributed by atoms with Crippen molar-refractivity contribution in [3.63, 3.8) is 0 Å². The smallest absolute Gasteiger partial charge is 0.240 e. The Morgan fingerprint density at radius 1 is 1.29 bits per heavy atom. The third-order valence-corrected chi connectivity index (χ3v) is 3.85. The fourth-order valence-corrected chi connectivity index (χ4v) is 2.80. The van der Waals surface area contributed by atoms with E-state index in [0.29, 0.717) is 26.1 Å². The molecule has 0 aromatic heterocycles. The second-order valence-electron chi connectivity index (χ2n) is 5.66. The first-order valence-electron chi connectivity index (χ1n) is 7.39. The number of nitrogens with zero attached hydrogens (tertiary/aromatic N) is 2. The molecule has 1 aliphatic rings. The van der Waals surface area contributed by atoms with E-state index in [1.165, 1.54) is 0 Å². The number of hydrogen-bond acceptors (Lipinski definition) is 3. The lowest BCUT2D eigenvalue weighted by atomic mass is 10.0. The molecule has 2 N–H and O–H groups in total. The van der Waals surface area contributed by atoms with Gasteiger partial charge in [0.1, 0.15) is 6.04 Å². The Balaban J connectivity index is 1.91. The second kappa shape index (κ2) is 7.22. The van der Waals surface area contributed by atoms with E-state index in [1.807, 2.05) is 42.3 Å². The first kappa shape index (κ1) is 15.5. The van der Waals surface area contributed by atoms with Crippen molar-refractivity contribution in [2.24, 2.45) is 5.73 Å². The predicted octanol–water partition coefficient (Wildman–Crippen LogP) is 0.985. The monoisotopic (exact) mass is 289 g/mol. The highest BCUT2D eigenvalue weighted by Gasteiger charge is 2.30. The molecule has 1 aliphatic heterocycles. The first-order chi connectivity index (χ1) is 10.1. The maximum Gasteiger partial charge on any atom is 0.240 e. The average molecular weight is 289 g/mol. The van der Waals surface area contributed by atoms with Crippen molar-refractivity contribution in [1.82, 2.24) is 9.80 Å². The zero-order valence-corrected chi connectivity index (χ0v) is 12.5. The molecule has 1 fully saturated rings. The molecular weight excluding hydrogens is 266 g/mol. The predicted molar refractivity (Wildman–Crippen MR) is 81.3 cm³/mol. The number of nitrogens with two attached hydrogens (primary N) is 1. The average Bonchev–Trinajstić information content (AvgIpc) is 2.48. The standard InChI is InChI=1S/C16H23N3O2/c1-18(11-13-7-3-2-4-8-13)12-15(20)19-10-6-5-9-14(19)16(17)21/h2-4,7-8,14H,5-6,9-12H2,1H3,(H2,17,21)/t14-/m0/s1. The van der Waals surface area contributed by atoms with Gasteiger partial charge in [-0.3, -0.25) is 14.5 Å². The Morgan fingerprint density at radius 3 is 2.67 bits per heavy atom. The van der Waals surface area contributed by atoms with Crippen LogP contribution in [0.5, 0.6) is 0 Å². The number of hydrogen-bond donors (Lipinski definition) is 1. The number of likely N-dealkylation sites (tertiary alicyclic amines) is 1. The molecule has 2 rings (SSSR count). The maximum atomic E-state index is 12.4. The first-order valence-corrected chi connectivity index (χ1v) is 7.39. The van der Waals surface area contributed by atoms with Crippen LogP contribution in [0.25, 0.3) is 0 Å². The van der Waals surface area contributed by atoms with Crippen LogP contribution in [-0.4, -0.2) is 47.8 Å². The molecule has 1 atom stereocenters. The third-order valence-electron chi connectivity index (χ3n) is 3.85. The van der Waals surface area contributed by atoms with Crippen molar-refractivity contribution >= 4 is 11.8 Å². The van der Waals surface area contributed by atoms with Gasteiger partial charge in [0.15, 0.2) is 0 Å². The normalized spacial score (nSPS) is 18.8. The highest BCUT2D eigenvalue weighted by molar-refractivity contribution is 5.87. The molecule has 0 spiro atoms. The van der Waals surface area contributed by atoms with E-state index in [4.69, 9.17) is 5.73 Å². The van der Waals surface area contributed by atoms with Gasteiger partial charge in [-0.05, 0) is 31.9 Å². The summed E-state index contributed by atoms with van der Waals surface area (Å²) in [6, 6.07) is 9.58. The van der Waals surface area contributed by atoms with Gasteiger partial charge in [-0.1, -0.05) is 30.3 Å². The quantitative estimate of drug-likeness (QED) is 0.879. The van der Waals surface area contributed by atoms with E-state index in [9.17, 15) is 9.59 Å². The number of likely N-dealkylation sites (N-methyl/N-ethyl adjacent to an activating group) is 1. The molecule has 5 nitrogen and oxygen atoms in total. The van der Waals surface area contributed by atoms with Gasteiger partial charge >= 0.3 is 0 Å². The van der Waals surface area contributed by atoms with E-state index in [2.05, 4.69) is 0 Å². The molecule has 2 amide bonds. The Hall–Kier alpha value is -1.88. The van der Waals surface area contributed by atoms with Gasteiger partial charge in [0.25, 0.3) is 0 Å². The number of carbonyl (C=O) groups is 2. The molecule has 0 unspecified atom stereocenters. The number of primary amides is 1. The summed E-state index contributed by atoms with van der Waals surface area (Å²) < 4.78 is 0. The fraction of sp³-hybridized carbons (Fsp3) is 0.500. The molecule has 0 aliphatic carbocycles. The summed E-state index contributed by atoms with van der Waals surface area (Å²) in [4.78, 5) is 27.5. The Morgan fingerprint density at radius 2 is 2.00 bits per heavy atom. The maximum absolute atomic E-state index is 12.4. The minimum atomic E-state index is -0.434. The second-order valence-corrected chi connectivity index (χ2v) is 5.66. The summed E-state index contributed by atoms with van der Waals surface area (Å²) in [7, 11) is 1.91. The van der Waals surface area contributed by atoms with Gasteiger partial charge in [0.05, 0.1) is 6.54 Å². The fourth-order valence-electron chi connectivity index (χ4n) is 2.80. The van der Waals surface area contributed by atoms with Crippen LogP contribution in [0.1, 0.15) is 24.8 Å². The van der Waals surface area contributed by atoms with Gasteiger partial charge in [-0.25, -0.2) is 0 Å². The minimum Gasteiger partial charge on any atom is -0.368 e. The lowest BCUT2D eigenvalue weighted by Gasteiger charge is -2.34. The number of amides is 2. The van der Waals surface area contributed by atoms with E-state index < -0.39 is 11.9 Å². The van der Waals surface area contributed by atoms with Gasteiger partial charge in [0, 0.05) is 13.1 Å². The van der Waals surface area contributed by atoms with Gasteiger partial charge in [0.2, 0.25) is 11.8 Å². The van der Waals surface area contributed by atoms with Crippen molar-refractivity contribution in [3.8, 4) is 0 Å². The van der Waals surface area contributed by atoms with E-state index in [1.54, 1.807) is 4.90 Å². The van der Waals surface area contributed by atoms with E-state index >= 15 is 0 Å². The highest BCUT2D eigenvalue weighted by Crippen LogP contribution is 2.17. The lowest BCUT2D eigenvalue weighted by Crippen LogP contribution is -2.52. The van der Waals surface area contributed by atoms with Crippen LogP contribution in [0.15, 0.2) is 30.3 Å². The molecule has 1 heterocycles. The van der Waals surface area contributed by atoms with Crippen LogP contribution in [0.2, 0.25) is 0 Å². The van der Waals surface area contributed by atoms with Crippen LogP contribution >= 0.6 is 0 Å². The van der Waals surface area contributed by atoms with Crippen LogP contribution in [0.3, 0.4) is 0 Å². The van der Waals surface area contributed by atoms with Crippen LogP contribution in [0.4, 0.5) is 0 Å². The summed E-state index contributed by atoms with van der Waals surface area (Å²) in [6.45, 7) is 1.64. The van der Waals surface area contributed by atoms with Crippen molar-refractivity contribution in [1.29, 1.82) is 0 Å². The molecule has 0 radical (unpaired) electrons. The van der Waals surface area contributed by atoms with Gasteiger partial charge < -0.3 is 10.6 Å². The summed E-state index contributed by atoms with van der Waals surface area (Å²) in [6.07, 6.45) is 2.58. The minimum absolute atomic E-state index is 0.0167. The summed E-state index contributed by atoms with van der Waals surface area (Å²) in [5.74, 6) is -0.411. The topological polar surface area (TPSA) is 66.6 Å². The lowest BCUT2D eigenvalue weighted by molar-refractivity contribution is -0.141. The molecule has 1 saturated heterocycles. The molecule has 5 heteroatoms. The highest BCUT2D eigenvalue weighted by atomic mass is 16.2. The molecule has 1 aromatic rings. The molecule has 114 valence electrons. The van der Waals surface area contributed by atoms with Gasteiger partial charge in [-0.2, -0.15) is 0 Å². The summed E-state index contributed by atoms with van der Waals surface area (Å²) in [5, 5.41) is 0. The third kappa shape index (κ3) is 4.29. The van der Waals surface area contributed by atoms with Crippen molar-refractivity contribution in [2.45, 2.75) is 31.8 Å². The molecular formula is C16H23N3O2. The SMILES string of the molecule is CN(CC(=O)N1CCCC[C@H]1C(N)=O)Cc1ccccc1. The van der Waals surface area contributed by atoms with Crippen LogP contribution in [0, 0.1) is 0 Å². The molecule has 21 heavy (non-hydrogen) atoms. The summed E-state index contributed by atoms with van der Waals surface area (Å²) in [5.41, 5.74) is 6.57. The number of piperidine rings is 1. The Bertz CT molecular complexity index is 490. The zero-order chi connectivity index (χ0) is 15.2. The van der Waals surface area contributed by atoms with Gasteiger partial charge in [-0.15, -0.1) is 0 Å². The number of carbonyl (C=O) groups excluding carboxylic acids is 2. The van der Waals surface area contributed by atoms with Crippen LogP contribution < -0.4 is 5.73 Å². The molecule has 1 aromatic carbocycles. The van der Waals surface area contributed by atoms with Crippen molar-refractivity contribution < 1.29 is 9.59 Å². The Labute approximate surface area is 125 Å². The largest absolute Gasteiger partial charge is 0.368 e. The van der Waals surface area contributed by atoms with E-state index in [0.717, 1.165) is 18.4 Å². The van der Waals surface area contributed by atoms with Crippen LogP contribution in [-0.2, 0) is 16.1 Å². The molecule has 0 bridgehead atoms. The number of benzene rings is 1. The van der Waals surface area contributed by atoms with Crippen molar-refractivity contribution in [3.05, 3.63) is 35.9 Å². The zero-order valence-electron chi connectivity index (χ0n) is 12.5. The molecule has 0 saturated carbocycles. The number of rotatable bonds is 5. The summed E-state index contributed by atoms with van der Waals surface area (Å²) >= 11 is 0. The van der Waals surface area contributed by atoms with E-state index in [-0.39, 0.29) is 5.91 Å².